The minimum absolute atomic E-state index is 0.0599. The lowest BCUT2D eigenvalue weighted by molar-refractivity contribution is -0.161. The molecule has 60 heavy (non-hydrogen) atoms. The van der Waals surface area contributed by atoms with E-state index in [0.717, 1.165) is 64.2 Å². The standard InChI is InChI=1S/C48H81O11P/c1-3-5-7-9-11-13-15-17-19-21-23-25-27-29-31-33-35-37-47(52)56-42-46(43-58-60(54,55)57-41-45(51)40-49)59-48(53)39-38-44(50)36-34-32-30-28-26-24-22-20-18-16-14-12-10-8-6-4-2/h6,8,12,14,17-20,24,26,30,32,34,36,44-46,49-51H,3-5,7,9-11,13,15-16,21-23,25,27-29,31,33,35,37-43H2,1-2H3,(H,54,55)/b8-6-,14-12-,19-17-,20-18-,26-24-,32-30-,36-34-/t44?,45-,46+/m0/s1. The van der Waals surface area contributed by atoms with Crippen LogP contribution < -0.4 is 0 Å². The second kappa shape index (κ2) is 42.8. The van der Waals surface area contributed by atoms with Crippen LogP contribution in [0.25, 0.3) is 0 Å². The Morgan fingerprint density at radius 3 is 1.67 bits per heavy atom. The SMILES string of the molecule is CC/C=C\C/C=C\C/C=C\C/C=C\C/C=C\C=C/C(O)CCC(=O)O[C@H](COC(=O)CCCCCCCCC/C=C\CCCCCCCC)COP(=O)(O)OC[C@@H](O)CO. The number of rotatable bonds is 41. The number of aliphatic hydroxyl groups is 3. The monoisotopic (exact) mass is 865 g/mol. The molecule has 0 rings (SSSR count). The van der Waals surface area contributed by atoms with Crippen LogP contribution in [0.15, 0.2) is 85.1 Å². The number of aliphatic hydroxyl groups excluding tert-OH is 3. The zero-order valence-corrected chi connectivity index (χ0v) is 37.9. The van der Waals surface area contributed by atoms with Crippen LogP contribution in [0.2, 0.25) is 0 Å². The Hall–Kier alpha value is -2.89. The Balaban J connectivity index is 4.52. The third-order valence-corrected chi connectivity index (χ3v) is 10.1. The summed E-state index contributed by atoms with van der Waals surface area (Å²) in [6.07, 6.45) is 47.3. The van der Waals surface area contributed by atoms with E-state index in [-0.39, 0.29) is 19.3 Å². The highest BCUT2D eigenvalue weighted by atomic mass is 31.2. The van der Waals surface area contributed by atoms with Gasteiger partial charge in [-0.1, -0.05) is 163 Å². The average molecular weight is 865 g/mol. The summed E-state index contributed by atoms with van der Waals surface area (Å²) in [5.74, 6) is -1.22. The van der Waals surface area contributed by atoms with E-state index < -0.39 is 64.5 Å². The third-order valence-electron chi connectivity index (χ3n) is 9.15. The highest BCUT2D eigenvalue weighted by molar-refractivity contribution is 7.47. The Kier molecular flexibility index (Phi) is 40.7. The normalized spacial score (nSPS) is 15.1. The van der Waals surface area contributed by atoms with Gasteiger partial charge in [-0.15, -0.1) is 0 Å². The Bertz CT molecular complexity index is 1290. The summed E-state index contributed by atoms with van der Waals surface area (Å²) in [7, 11) is -4.69. The number of hydrogen-bond donors (Lipinski definition) is 4. The van der Waals surface area contributed by atoms with Crippen molar-refractivity contribution in [3.05, 3.63) is 85.1 Å². The van der Waals surface area contributed by atoms with Crippen LogP contribution in [0.3, 0.4) is 0 Å². The second-order valence-corrected chi connectivity index (χ2v) is 16.3. The molecular weight excluding hydrogens is 783 g/mol. The van der Waals surface area contributed by atoms with Crippen molar-refractivity contribution < 1.29 is 52.9 Å². The Morgan fingerprint density at radius 2 is 1.10 bits per heavy atom. The number of esters is 2. The maximum Gasteiger partial charge on any atom is 0.472 e. The summed E-state index contributed by atoms with van der Waals surface area (Å²) < 4.78 is 32.5. The highest BCUT2D eigenvalue weighted by Gasteiger charge is 2.27. The molecule has 0 radical (unpaired) electrons. The maximum absolute atomic E-state index is 12.6. The molecule has 0 amide bonds. The van der Waals surface area contributed by atoms with Crippen molar-refractivity contribution in [3.8, 4) is 0 Å². The maximum atomic E-state index is 12.6. The molecule has 0 heterocycles. The zero-order chi connectivity index (χ0) is 44.2. The predicted molar refractivity (Wildman–Crippen MR) is 243 cm³/mol. The van der Waals surface area contributed by atoms with Gasteiger partial charge in [0.2, 0.25) is 0 Å². The van der Waals surface area contributed by atoms with E-state index in [4.69, 9.17) is 19.1 Å². The molecule has 0 aliphatic carbocycles. The van der Waals surface area contributed by atoms with Crippen LogP contribution in [-0.4, -0.2) is 76.9 Å². The lowest BCUT2D eigenvalue weighted by Gasteiger charge is -2.20. The number of carbonyl (C=O) groups is 2. The molecule has 4 N–H and O–H groups in total. The second-order valence-electron chi connectivity index (χ2n) is 14.9. The molecule has 2 unspecified atom stereocenters. The number of phosphoric ester groups is 1. The van der Waals surface area contributed by atoms with Gasteiger partial charge in [0.1, 0.15) is 12.7 Å². The van der Waals surface area contributed by atoms with Gasteiger partial charge in [-0.3, -0.25) is 18.6 Å². The van der Waals surface area contributed by atoms with Gasteiger partial charge in [-0.05, 0) is 70.6 Å². The summed E-state index contributed by atoms with van der Waals surface area (Å²) in [6.45, 7) is 1.97. The number of ether oxygens (including phenoxy) is 2. The van der Waals surface area contributed by atoms with Crippen molar-refractivity contribution in [2.75, 3.05) is 26.4 Å². The summed E-state index contributed by atoms with van der Waals surface area (Å²) in [5.41, 5.74) is 0. The molecule has 0 fully saturated rings. The van der Waals surface area contributed by atoms with E-state index in [0.29, 0.717) is 6.42 Å². The first-order valence-corrected chi connectivity index (χ1v) is 24.1. The average Bonchev–Trinajstić information content (AvgIpc) is 3.23. The van der Waals surface area contributed by atoms with Gasteiger partial charge in [0, 0.05) is 12.8 Å². The molecule has 0 aromatic heterocycles. The number of carbonyl (C=O) groups excluding carboxylic acids is 2. The van der Waals surface area contributed by atoms with E-state index in [1.165, 1.54) is 57.8 Å². The molecule has 0 aromatic carbocycles. The first kappa shape index (κ1) is 57.1. The van der Waals surface area contributed by atoms with E-state index in [9.17, 15) is 29.3 Å². The molecule has 0 saturated heterocycles. The van der Waals surface area contributed by atoms with Crippen molar-refractivity contribution in [3.63, 3.8) is 0 Å². The number of allylic oxidation sites excluding steroid dienone is 13. The molecule has 0 aliphatic rings. The van der Waals surface area contributed by atoms with Gasteiger partial charge in [0.25, 0.3) is 0 Å². The summed E-state index contributed by atoms with van der Waals surface area (Å²) in [6, 6.07) is 0. The molecule has 344 valence electrons. The topological polar surface area (TPSA) is 169 Å². The Labute approximate surface area is 363 Å². The lowest BCUT2D eigenvalue weighted by atomic mass is 10.1. The zero-order valence-electron chi connectivity index (χ0n) is 37.0. The Morgan fingerprint density at radius 1 is 0.583 bits per heavy atom. The van der Waals surface area contributed by atoms with Crippen molar-refractivity contribution >= 4 is 19.8 Å². The molecule has 0 saturated carbocycles. The van der Waals surface area contributed by atoms with Crippen LogP contribution >= 0.6 is 7.82 Å². The fraction of sp³-hybridized carbons (Fsp3) is 0.667. The van der Waals surface area contributed by atoms with E-state index in [1.807, 2.05) is 12.2 Å². The van der Waals surface area contributed by atoms with Gasteiger partial charge in [0.15, 0.2) is 6.10 Å². The van der Waals surface area contributed by atoms with Crippen LogP contribution in [-0.2, 0) is 32.7 Å². The van der Waals surface area contributed by atoms with Crippen molar-refractivity contribution in [1.29, 1.82) is 0 Å². The van der Waals surface area contributed by atoms with Crippen LogP contribution in [0.1, 0.15) is 162 Å². The van der Waals surface area contributed by atoms with E-state index in [1.54, 1.807) is 12.2 Å². The van der Waals surface area contributed by atoms with Crippen LogP contribution in [0.5, 0.6) is 0 Å². The predicted octanol–water partition coefficient (Wildman–Crippen LogP) is 11.2. The fourth-order valence-corrected chi connectivity index (χ4v) is 6.42. The molecule has 0 spiro atoms. The number of hydrogen-bond acceptors (Lipinski definition) is 10. The van der Waals surface area contributed by atoms with Gasteiger partial charge in [0.05, 0.1) is 25.9 Å². The molecule has 12 heteroatoms. The smallest absolute Gasteiger partial charge is 0.462 e. The molecule has 11 nitrogen and oxygen atoms in total. The van der Waals surface area contributed by atoms with Gasteiger partial charge >= 0.3 is 19.8 Å². The van der Waals surface area contributed by atoms with Gasteiger partial charge < -0.3 is 29.7 Å². The van der Waals surface area contributed by atoms with Gasteiger partial charge in [-0.2, -0.15) is 0 Å². The van der Waals surface area contributed by atoms with Crippen molar-refractivity contribution in [1.82, 2.24) is 0 Å². The third kappa shape index (κ3) is 41.8. The van der Waals surface area contributed by atoms with E-state index in [2.05, 4.69) is 79.1 Å². The fourth-order valence-electron chi connectivity index (χ4n) is 5.63. The van der Waals surface area contributed by atoms with E-state index >= 15 is 0 Å². The van der Waals surface area contributed by atoms with Crippen molar-refractivity contribution in [2.45, 2.75) is 180 Å². The quantitative estimate of drug-likeness (QED) is 0.0152. The van der Waals surface area contributed by atoms with Gasteiger partial charge in [-0.25, -0.2) is 4.57 Å². The molecule has 0 aromatic rings. The summed E-state index contributed by atoms with van der Waals surface area (Å²) in [5, 5.41) is 28.7. The molecule has 0 aliphatic heterocycles. The summed E-state index contributed by atoms with van der Waals surface area (Å²) in [4.78, 5) is 35.1. The first-order chi connectivity index (χ1) is 29.1. The number of phosphoric acid groups is 1. The van der Waals surface area contributed by atoms with Crippen LogP contribution in [0.4, 0.5) is 0 Å². The van der Waals surface area contributed by atoms with Crippen LogP contribution in [0, 0.1) is 0 Å². The highest BCUT2D eigenvalue weighted by Crippen LogP contribution is 2.43. The lowest BCUT2D eigenvalue weighted by Crippen LogP contribution is -2.30. The number of unbranched alkanes of at least 4 members (excludes halogenated alkanes) is 13. The molecular formula is C48H81O11P. The minimum atomic E-state index is -4.69. The van der Waals surface area contributed by atoms with Crippen molar-refractivity contribution in [2.24, 2.45) is 0 Å². The first-order valence-electron chi connectivity index (χ1n) is 22.7. The molecule has 0 bridgehead atoms. The molecule has 4 atom stereocenters. The minimum Gasteiger partial charge on any atom is -0.462 e. The largest absolute Gasteiger partial charge is 0.472 e. The summed E-state index contributed by atoms with van der Waals surface area (Å²) >= 11 is 0.